The predicted octanol–water partition coefficient (Wildman–Crippen LogP) is 3.53. The Balaban J connectivity index is 1.91. The van der Waals surface area contributed by atoms with Crippen molar-refractivity contribution < 1.29 is 19.1 Å². The molecule has 29 heavy (non-hydrogen) atoms. The van der Waals surface area contributed by atoms with Crippen LogP contribution in [0.4, 0.5) is 0 Å². The lowest BCUT2D eigenvalue weighted by Gasteiger charge is -2.17. The van der Waals surface area contributed by atoms with E-state index in [1.165, 1.54) is 11.0 Å². The minimum Gasteiger partial charge on any atom is -0.497 e. The van der Waals surface area contributed by atoms with Crippen LogP contribution in [-0.2, 0) is 20.9 Å². The molecule has 2 aromatic rings. The third-order valence-electron chi connectivity index (χ3n) is 4.10. The summed E-state index contributed by atoms with van der Waals surface area (Å²) in [5.41, 5.74) is 1.44. The summed E-state index contributed by atoms with van der Waals surface area (Å²) in [4.78, 5) is 27.0. The van der Waals surface area contributed by atoms with E-state index in [0.29, 0.717) is 17.9 Å². The Morgan fingerprint density at radius 1 is 1.14 bits per heavy atom. The number of carbonyl (C=O) groups excluding carboxylic acids is 2. The Morgan fingerprint density at radius 2 is 1.79 bits per heavy atom. The number of hydrogen-bond donors (Lipinski definition) is 0. The maximum Gasteiger partial charge on any atom is 0.349 e. The molecule has 150 valence electrons. The summed E-state index contributed by atoms with van der Waals surface area (Å²) in [6.45, 7) is -0.0301. The smallest absolute Gasteiger partial charge is 0.349 e. The van der Waals surface area contributed by atoms with E-state index in [4.69, 9.17) is 9.47 Å². The number of likely N-dealkylation sites (N-methyl/N-ethyl adjacent to an activating group) is 1. The van der Waals surface area contributed by atoms with Crippen LogP contribution in [-0.4, -0.2) is 43.8 Å². The molecule has 0 aliphatic carbocycles. The van der Waals surface area contributed by atoms with Crippen molar-refractivity contribution in [3.63, 3.8) is 0 Å². The normalized spacial score (nSPS) is 10.8. The first-order chi connectivity index (χ1) is 14.0. The van der Waals surface area contributed by atoms with Gasteiger partial charge in [-0.3, -0.25) is 4.79 Å². The van der Waals surface area contributed by atoms with Crippen molar-refractivity contribution in [3.8, 4) is 11.8 Å². The molecule has 0 fully saturated rings. The van der Waals surface area contributed by atoms with Crippen molar-refractivity contribution in [1.29, 1.82) is 5.26 Å². The zero-order valence-corrected chi connectivity index (χ0v) is 17.4. The summed E-state index contributed by atoms with van der Waals surface area (Å²) in [6.07, 6.45) is 3.40. The number of nitrogens with zero attached hydrogens (tertiary/aromatic N) is 2. The van der Waals surface area contributed by atoms with Crippen LogP contribution in [0.3, 0.4) is 0 Å². The number of methoxy groups -OCH3 is 1. The molecule has 0 bridgehead atoms. The van der Waals surface area contributed by atoms with Gasteiger partial charge in [0.2, 0.25) is 0 Å². The second-order valence-electron chi connectivity index (χ2n) is 6.12. The average Bonchev–Trinajstić information content (AvgIpc) is 2.76. The highest BCUT2D eigenvalue weighted by atomic mass is 32.2. The molecule has 1 amide bonds. The Morgan fingerprint density at radius 3 is 2.34 bits per heavy atom. The molecule has 0 aliphatic heterocycles. The van der Waals surface area contributed by atoms with E-state index in [1.54, 1.807) is 50.2 Å². The van der Waals surface area contributed by atoms with Crippen molar-refractivity contribution in [2.24, 2.45) is 0 Å². The van der Waals surface area contributed by atoms with Gasteiger partial charge >= 0.3 is 5.97 Å². The molecule has 0 aliphatic rings. The first-order valence-electron chi connectivity index (χ1n) is 8.76. The summed E-state index contributed by atoms with van der Waals surface area (Å²) in [7, 11) is 3.19. The molecule has 0 radical (unpaired) electrons. The van der Waals surface area contributed by atoms with Gasteiger partial charge in [-0.15, -0.1) is 11.8 Å². The molecule has 0 atom stereocenters. The van der Waals surface area contributed by atoms with Crippen molar-refractivity contribution in [2.75, 3.05) is 27.0 Å². The molecular formula is C22H22N2O4S. The summed E-state index contributed by atoms with van der Waals surface area (Å²) >= 11 is 1.65. The van der Waals surface area contributed by atoms with Crippen LogP contribution in [0.25, 0.3) is 6.08 Å². The van der Waals surface area contributed by atoms with Gasteiger partial charge < -0.3 is 14.4 Å². The van der Waals surface area contributed by atoms with Gasteiger partial charge in [-0.05, 0) is 47.7 Å². The van der Waals surface area contributed by atoms with Crippen LogP contribution < -0.4 is 4.74 Å². The van der Waals surface area contributed by atoms with Gasteiger partial charge in [0.1, 0.15) is 17.4 Å². The van der Waals surface area contributed by atoms with Crippen molar-refractivity contribution in [1.82, 2.24) is 4.90 Å². The summed E-state index contributed by atoms with van der Waals surface area (Å²) in [6, 6.07) is 16.6. The molecule has 0 heterocycles. The zero-order chi connectivity index (χ0) is 21.2. The number of ether oxygens (including phenoxy) is 2. The molecule has 0 saturated heterocycles. The van der Waals surface area contributed by atoms with E-state index >= 15 is 0 Å². The minimum absolute atomic E-state index is 0.182. The lowest BCUT2D eigenvalue weighted by atomic mass is 10.1. The lowest BCUT2D eigenvalue weighted by molar-refractivity contribution is -0.148. The fraction of sp³-hybridized carbons (Fsp3) is 0.227. The Labute approximate surface area is 174 Å². The highest BCUT2D eigenvalue weighted by molar-refractivity contribution is 7.98. The van der Waals surface area contributed by atoms with Crippen LogP contribution in [0.2, 0.25) is 0 Å². The fourth-order valence-electron chi connectivity index (χ4n) is 2.41. The number of rotatable bonds is 8. The Hall–Kier alpha value is -3.24. The molecular weight excluding hydrogens is 388 g/mol. The number of hydrogen-bond acceptors (Lipinski definition) is 6. The minimum atomic E-state index is -0.839. The highest BCUT2D eigenvalue weighted by Crippen LogP contribution is 2.16. The second-order valence-corrected chi connectivity index (χ2v) is 7.00. The first kappa shape index (κ1) is 22.1. The van der Waals surface area contributed by atoms with Gasteiger partial charge in [-0.2, -0.15) is 5.26 Å². The third kappa shape index (κ3) is 6.70. The maximum atomic E-state index is 12.2. The van der Waals surface area contributed by atoms with Gasteiger partial charge in [0, 0.05) is 18.5 Å². The number of amides is 1. The number of nitriles is 1. The average molecular weight is 410 g/mol. The number of benzene rings is 2. The van der Waals surface area contributed by atoms with Crippen LogP contribution in [0.15, 0.2) is 59.0 Å². The highest BCUT2D eigenvalue weighted by Gasteiger charge is 2.16. The van der Waals surface area contributed by atoms with Gasteiger partial charge in [-0.1, -0.05) is 24.3 Å². The van der Waals surface area contributed by atoms with E-state index < -0.39 is 12.6 Å². The molecule has 2 aromatic carbocycles. The lowest BCUT2D eigenvalue weighted by Crippen LogP contribution is -2.31. The van der Waals surface area contributed by atoms with E-state index in [0.717, 1.165) is 10.5 Å². The molecule has 2 rings (SSSR count). The monoisotopic (exact) mass is 410 g/mol. The van der Waals surface area contributed by atoms with Crippen molar-refractivity contribution in [3.05, 3.63) is 65.2 Å². The topological polar surface area (TPSA) is 79.6 Å². The third-order valence-corrected chi connectivity index (χ3v) is 4.84. The molecule has 7 heteroatoms. The quantitative estimate of drug-likeness (QED) is 0.287. The van der Waals surface area contributed by atoms with Gasteiger partial charge in [0.15, 0.2) is 6.61 Å². The molecule has 0 saturated carbocycles. The van der Waals surface area contributed by atoms with E-state index in [2.05, 4.69) is 0 Å². The molecule has 0 N–H and O–H groups in total. The standard InChI is InChI=1S/C22H22N2O4S/c1-24(14-17-6-10-20(29-3)11-7-17)21(25)15-28-22(26)18(13-23)12-16-4-8-19(27-2)9-5-16/h4-12H,14-15H2,1-3H3/b18-12+. The molecule has 0 unspecified atom stereocenters. The molecule has 0 aromatic heterocycles. The van der Waals surface area contributed by atoms with E-state index in [1.807, 2.05) is 36.6 Å². The van der Waals surface area contributed by atoms with E-state index in [9.17, 15) is 14.9 Å². The van der Waals surface area contributed by atoms with Crippen LogP contribution in [0.1, 0.15) is 11.1 Å². The number of esters is 1. The molecule has 0 spiro atoms. The predicted molar refractivity (Wildman–Crippen MR) is 112 cm³/mol. The second kappa shape index (κ2) is 10.9. The summed E-state index contributed by atoms with van der Waals surface area (Å²) in [5, 5.41) is 9.23. The summed E-state index contributed by atoms with van der Waals surface area (Å²) in [5.74, 6) is -0.525. The number of carbonyl (C=O) groups is 2. The Kier molecular flexibility index (Phi) is 8.31. The van der Waals surface area contributed by atoms with Gasteiger partial charge in [-0.25, -0.2) is 4.79 Å². The van der Waals surface area contributed by atoms with Crippen molar-refractivity contribution in [2.45, 2.75) is 11.4 Å². The van der Waals surface area contributed by atoms with Crippen molar-refractivity contribution >= 4 is 29.7 Å². The van der Waals surface area contributed by atoms with Gasteiger partial charge in [0.25, 0.3) is 5.91 Å². The fourth-order valence-corrected chi connectivity index (χ4v) is 2.82. The summed E-state index contributed by atoms with van der Waals surface area (Å²) < 4.78 is 10.1. The maximum absolute atomic E-state index is 12.2. The van der Waals surface area contributed by atoms with Crippen LogP contribution in [0.5, 0.6) is 5.75 Å². The first-order valence-corrected chi connectivity index (χ1v) is 9.99. The largest absolute Gasteiger partial charge is 0.497 e. The van der Waals surface area contributed by atoms with Crippen LogP contribution >= 0.6 is 11.8 Å². The zero-order valence-electron chi connectivity index (χ0n) is 16.5. The van der Waals surface area contributed by atoms with E-state index in [-0.39, 0.29) is 11.5 Å². The molecule has 6 nitrogen and oxygen atoms in total. The Bertz CT molecular complexity index is 915. The van der Waals surface area contributed by atoms with Gasteiger partial charge in [0.05, 0.1) is 7.11 Å². The van der Waals surface area contributed by atoms with Crippen LogP contribution in [0, 0.1) is 11.3 Å². The number of thioether (sulfide) groups is 1. The SMILES string of the molecule is COc1ccc(/C=C(\C#N)C(=O)OCC(=O)N(C)Cc2ccc(SC)cc2)cc1.